The number of nitrogens with one attached hydrogen (secondary N) is 2. The minimum absolute atomic E-state index is 0.0585. The summed E-state index contributed by atoms with van der Waals surface area (Å²) < 4.78 is 42.1. The third-order valence-corrected chi connectivity index (χ3v) is 6.29. The van der Waals surface area contributed by atoms with Crippen LogP contribution in [0.3, 0.4) is 0 Å². The molecule has 0 bridgehead atoms. The van der Waals surface area contributed by atoms with Crippen LogP contribution < -0.4 is 10.0 Å². The fourth-order valence-electron chi connectivity index (χ4n) is 2.84. The first-order chi connectivity index (χ1) is 13.7. The van der Waals surface area contributed by atoms with E-state index in [0.717, 1.165) is 23.0 Å². The highest BCUT2D eigenvalue weighted by Gasteiger charge is 2.16. The molecular weight excluding hydrogens is 395 g/mol. The van der Waals surface area contributed by atoms with Gasteiger partial charge in [0.1, 0.15) is 11.6 Å². The monoisotopic (exact) mass is 418 g/mol. The highest BCUT2D eigenvalue weighted by atomic mass is 32.2. The summed E-state index contributed by atoms with van der Waals surface area (Å²) in [6.07, 6.45) is 0. The molecule has 0 spiro atoms. The summed E-state index contributed by atoms with van der Waals surface area (Å²) in [5.74, 6) is 0.654. The molecule has 0 aliphatic carbocycles. The Labute approximate surface area is 169 Å². The fourth-order valence-corrected chi connectivity index (χ4v) is 4.10. The maximum absolute atomic E-state index is 13.2. The summed E-state index contributed by atoms with van der Waals surface area (Å²) in [5.41, 5.74) is 3.40. The number of sulfonamides is 1. The van der Waals surface area contributed by atoms with E-state index >= 15 is 0 Å². The predicted molar refractivity (Wildman–Crippen MR) is 108 cm³/mol. The minimum atomic E-state index is -3.72. The highest BCUT2D eigenvalue weighted by Crippen LogP contribution is 2.16. The molecule has 0 radical (unpaired) electrons. The number of benzene rings is 1. The molecule has 0 atom stereocenters. The van der Waals surface area contributed by atoms with E-state index in [9.17, 15) is 12.8 Å². The Bertz CT molecular complexity index is 1130. The van der Waals surface area contributed by atoms with E-state index in [1.54, 1.807) is 23.7 Å². The minimum Gasteiger partial charge on any atom is -0.367 e. The van der Waals surface area contributed by atoms with Crippen molar-refractivity contribution < 1.29 is 12.8 Å². The van der Waals surface area contributed by atoms with Crippen molar-refractivity contribution in [3.05, 3.63) is 58.7 Å². The zero-order valence-corrected chi connectivity index (χ0v) is 17.5. The lowest BCUT2D eigenvalue weighted by atomic mass is 10.2. The van der Waals surface area contributed by atoms with Crippen molar-refractivity contribution in [2.75, 3.05) is 18.4 Å². The maximum atomic E-state index is 13.2. The quantitative estimate of drug-likeness (QED) is 0.572. The first-order valence-corrected chi connectivity index (χ1v) is 10.5. The van der Waals surface area contributed by atoms with Gasteiger partial charge >= 0.3 is 0 Å². The van der Waals surface area contributed by atoms with Crippen molar-refractivity contribution >= 4 is 15.8 Å². The van der Waals surface area contributed by atoms with Crippen LogP contribution in [0.2, 0.25) is 0 Å². The van der Waals surface area contributed by atoms with Crippen LogP contribution in [-0.4, -0.2) is 41.5 Å². The van der Waals surface area contributed by atoms with Crippen LogP contribution in [0.5, 0.6) is 0 Å². The van der Waals surface area contributed by atoms with Crippen molar-refractivity contribution in [1.29, 1.82) is 0 Å². The van der Waals surface area contributed by atoms with E-state index in [1.807, 2.05) is 20.8 Å². The van der Waals surface area contributed by atoms with Crippen molar-refractivity contribution in [3.8, 4) is 5.82 Å². The van der Waals surface area contributed by atoms with Gasteiger partial charge in [0, 0.05) is 18.8 Å². The van der Waals surface area contributed by atoms with Crippen LogP contribution in [0.15, 0.2) is 35.2 Å². The summed E-state index contributed by atoms with van der Waals surface area (Å²) in [6.45, 7) is 7.92. The lowest BCUT2D eigenvalue weighted by Crippen LogP contribution is -2.29. The van der Waals surface area contributed by atoms with E-state index in [2.05, 4.69) is 25.3 Å². The van der Waals surface area contributed by atoms with Gasteiger partial charge in [-0.1, -0.05) is 0 Å². The molecule has 0 unspecified atom stereocenters. The SMILES string of the molecule is Cc1cc(F)ccc1S(=O)(=O)NCCNc1ccc(-n2nc(C)c(C)c2C)nn1. The highest BCUT2D eigenvalue weighted by molar-refractivity contribution is 7.89. The average Bonchev–Trinajstić information content (AvgIpc) is 2.93. The Hall–Kier alpha value is -2.85. The summed E-state index contributed by atoms with van der Waals surface area (Å²) in [5, 5.41) is 15.7. The Morgan fingerprint density at radius 3 is 2.38 bits per heavy atom. The molecule has 0 saturated heterocycles. The third kappa shape index (κ3) is 4.60. The molecule has 2 aromatic heterocycles. The summed E-state index contributed by atoms with van der Waals surface area (Å²) >= 11 is 0. The van der Waals surface area contributed by atoms with E-state index in [-0.39, 0.29) is 11.4 Å². The second-order valence-corrected chi connectivity index (χ2v) is 8.45. The van der Waals surface area contributed by atoms with E-state index in [0.29, 0.717) is 23.7 Å². The van der Waals surface area contributed by atoms with Gasteiger partial charge in [0.2, 0.25) is 10.0 Å². The molecule has 0 fully saturated rings. The molecule has 3 aromatic rings. The van der Waals surface area contributed by atoms with Gasteiger partial charge in [-0.15, -0.1) is 10.2 Å². The first kappa shape index (κ1) is 20.9. The third-order valence-electron chi connectivity index (χ3n) is 4.67. The van der Waals surface area contributed by atoms with Crippen molar-refractivity contribution in [3.63, 3.8) is 0 Å². The second kappa shape index (κ2) is 8.26. The molecule has 2 N–H and O–H groups in total. The molecule has 1 aromatic carbocycles. The number of aryl methyl sites for hydroxylation is 2. The molecule has 29 heavy (non-hydrogen) atoms. The number of nitrogens with zero attached hydrogens (tertiary/aromatic N) is 4. The van der Waals surface area contributed by atoms with E-state index < -0.39 is 15.8 Å². The first-order valence-electron chi connectivity index (χ1n) is 9.05. The van der Waals surface area contributed by atoms with Crippen LogP contribution in [0.1, 0.15) is 22.5 Å². The van der Waals surface area contributed by atoms with Gasteiger partial charge < -0.3 is 5.32 Å². The van der Waals surface area contributed by atoms with E-state index in [4.69, 9.17) is 0 Å². The summed E-state index contributed by atoms with van der Waals surface area (Å²) in [7, 11) is -3.72. The number of hydrogen-bond donors (Lipinski definition) is 2. The van der Waals surface area contributed by atoms with Gasteiger partial charge in [-0.05, 0) is 69.2 Å². The Kier molecular flexibility index (Phi) is 5.94. The number of anilines is 1. The molecule has 2 heterocycles. The molecule has 8 nitrogen and oxygen atoms in total. The molecule has 3 rings (SSSR count). The lowest BCUT2D eigenvalue weighted by Gasteiger charge is -2.10. The molecular formula is C19H23FN6O2S. The number of hydrogen-bond acceptors (Lipinski definition) is 6. The van der Waals surface area contributed by atoms with Crippen molar-refractivity contribution in [2.24, 2.45) is 0 Å². The van der Waals surface area contributed by atoms with Gasteiger partial charge in [0.25, 0.3) is 0 Å². The topological polar surface area (TPSA) is 102 Å². The molecule has 10 heteroatoms. The zero-order chi connectivity index (χ0) is 21.2. The van der Waals surface area contributed by atoms with Crippen molar-refractivity contribution in [2.45, 2.75) is 32.6 Å². The van der Waals surface area contributed by atoms with Gasteiger partial charge in [0.05, 0.1) is 10.6 Å². The van der Waals surface area contributed by atoms with Gasteiger partial charge in [-0.3, -0.25) is 0 Å². The standard InChI is InChI=1S/C19H23FN6O2S/c1-12-11-16(20)5-6-17(12)29(27,28)22-10-9-21-18-7-8-19(24-23-18)26-15(4)13(2)14(3)25-26/h5-8,11,22H,9-10H2,1-4H3,(H,21,23). The molecule has 154 valence electrons. The predicted octanol–water partition coefficient (Wildman–Crippen LogP) is 2.43. The Balaban J connectivity index is 1.57. The molecule has 0 amide bonds. The van der Waals surface area contributed by atoms with Gasteiger partial charge in [0.15, 0.2) is 5.82 Å². The van der Waals surface area contributed by atoms with Crippen LogP contribution in [-0.2, 0) is 10.0 Å². The number of halogens is 1. The molecule has 0 aliphatic rings. The van der Waals surface area contributed by atoms with Crippen molar-refractivity contribution in [1.82, 2.24) is 24.7 Å². The van der Waals surface area contributed by atoms with Crippen LogP contribution in [0.25, 0.3) is 5.82 Å². The summed E-state index contributed by atoms with van der Waals surface area (Å²) in [6, 6.07) is 7.12. The van der Waals surface area contributed by atoms with Crippen LogP contribution in [0.4, 0.5) is 10.2 Å². The van der Waals surface area contributed by atoms with E-state index in [1.165, 1.54) is 12.1 Å². The fraction of sp³-hybridized carbons (Fsp3) is 0.316. The Morgan fingerprint density at radius 2 is 1.79 bits per heavy atom. The average molecular weight is 418 g/mol. The maximum Gasteiger partial charge on any atom is 0.240 e. The Morgan fingerprint density at radius 1 is 1.03 bits per heavy atom. The number of rotatable bonds is 7. The summed E-state index contributed by atoms with van der Waals surface area (Å²) in [4.78, 5) is 0.0585. The lowest BCUT2D eigenvalue weighted by molar-refractivity contribution is 0.581. The zero-order valence-electron chi connectivity index (χ0n) is 16.7. The van der Waals surface area contributed by atoms with Gasteiger partial charge in [-0.25, -0.2) is 22.2 Å². The normalized spacial score (nSPS) is 11.6. The van der Waals surface area contributed by atoms with Crippen LogP contribution >= 0.6 is 0 Å². The smallest absolute Gasteiger partial charge is 0.240 e. The van der Waals surface area contributed by atoms with Gasteiger partial charge in [-0.2, -0.15) is 5.10 Å². The number of aromatic nitrogens is 4. The largest absolute Gasteiger partial charge is 0.367 e. The molecule has 0 saturated carbocycles. The molecule has 0 aliphatic heterocycles. The van der Waals surface area contributed by atoms with Crippen LogP contribution in [0, 0.1) is 33.5 Å². The second-order valence-electron chi connectivity index (χ2n) is 6.72.